The van der Waals surface area contributed by atoms with E-state index in [0.717, 1.165) is 76.8 Å². The van der Waals surface area contributed by atoms with Gasteiger partial charge in [0.15, 0.2) is 0 Å². The van der Waals surface area contributed by atoms with Gasteiger partial charge in [0.05, 0.1) is 34.7 Å². The monoisotopic (exact) mass is 620 g/mol. The van der Waals surface area contributed by atoms with Gasteiger partial charge in [-0.25, -0.2) is 0 Å². The van der Waals surface area contributed by atoms with Crippen LogP contribution in [0, 0.1) is 5.41 Å². The van der Waals surface area contributed by atoms with Gasteiger partial charge in [-0.05, 0) is 101 Å². The van der Waals surface area contributed by atoms with Crippen LogP contribution in [0.25, 0.3) is 5.57 Å². The van der Waals surface area contributed by atoms with Crippen molar-refractivity contribution in [2.75, 3.05) is 46.4 Å². The largest absolute Gasteiger partial charge is 0.490 e. The lowest BCUT2D eigenvalue weighted by atomic mass is 9.53. The van der Waals surface area contributed by atoms with E-state index in [-0.39, 0.29) is 30.1 Å². The average molecular weight is 621 g/mol. The number of likely N-dealkylation sites (N-methyl/N-ethyl adjacent to an activating group) is 1. The van der Waals surface area contributed by atoms with Crippen LogP contribution in [-0.2, 0) is 11.2 Å². The zero-order valence-electron chi connectivity index (χ0n) is 26.8. The maximum Gasteiger partial charge on any atom is 0.255 e. The molecule has 0 radical (unpaired) electrons. The number of rotatable bonds is 13. The first-order chi connectivity index (χ1) is 21.4. The fraction of sp³-hybridized carbons (Fsp3) is 0.559. The zero-order valence-corrected chi connectivity index (χ0v) is 26.8. The third-order valence-corrected chi connectivity index (χ3v) is 9.17. The van der Waals surface area contributed by atoms with Crippen molar-refractivity contribution in [2.24, 2.45) is 16.9 Å². The van der Waals surface area contributed by atoms with Crippen LogP contribution in [0.1, 0.15) is 67.6 Å². The van der Waals surface area contributed by atoms with E-state index in [1.807, 2.05) is 12.1 Å². The van der Waals surface area contributed by atoms with Crippen LogP contribution in [0.15, 0.2) is 42.7 Å². The Balaban J connectivity index is 1.07. The summed E-state index contributed by atoms with van der Waals surface area (Å²) >= 11 is 0. The summed E-state index contributed by atoms with van der Waals surface area (Å²) in [5, 5.41) is 12.9. The summed E-state index contributed by atoms with van der Waals surface area (Å²) in [6.07, 6.45) is 8.25. The molecule has 3 aliphatic rings. The van der Waals surface area contributed by atoms with Crippen LogP contribution in [0.2, 0.25) is 0 Å². The average Bonchev–Trinajstić information content (AvgIpc) is 2.95. The van der Waals surface area contributed by atoms with Crippen LogP contribution in [0.4, 0.5) is 0 Å². The Labute approximate surface area is 265 Å². The van der Waals surface area contributed by atoms with Gasteiger partial charge >= 0.3 is 0 Å². The van der Waals surface area contributed by atoms with Crippen LogP contribution < -0.4 is 26.3 Å². The number of aryl methyl sites for hydroxylation is 1. The molecule has 0 unspecified atom stereocenters. The highest BCUT2D eigenvalue weighted by Crippen LogP contribution is 2.57. The molecule has 0 atom stereocenters. The van der Waals surface area contributed by atoms with E-state index in [2.05, 4.69) is 27.1 Å². The molecule has 2 aromatic rings. The summed E-state index contributed by atoms with van der Waals surface area (Å²) in [5.41, 5.74) is 13.0. The minimum absolute atomic E-state index is 0.0150. The lowest BCUT2D eigenvalue weighted by Gasteiger charge is -2.57. The van der Waals surface area contributed by atoms with Crippen molar-refractivity contribution in [1.82, 2.24) is 20.1 Å². The summed E-state index contributed by atoms with van der Waals surface area (Å²) in [4.78, 5) is 34.3. The normalized spacial score (nSPS) is 24.0. The van der Waals surface area contributed by atoms with Crippen LogP contribution in [0.5, 0.6) is 11.5 Å². The molecule has 6 N–H and O–H groups in total. The number of hydrogen-bond donors (Lipinski definition) is 4. The van der Waals surface area contributed by atoms with E-state index in [0.29, 0.717) is 28.3 Å². The molecule has 11 heteroatoms. The summed E-state index contributed by atoms with van der Waals surface area (Å²) in [6.45, 7) is 8.95. The molecule has 5 rings (SSSR count). The number of carbonyl (C=O) groups is 2. The minimum atomic E-state index is -0.963. The molecule has 2 aliphatic carbocycles. The van der Waals surface area contributed by atoms with E-state index in [1.54, 1.807) is 32.0 Å². The molecular weight excluding hydrogens is 572 g/mol. The maximum absolute atomic E-state index is 13.0. The standard InChI is InChI=1S/C34H48N6O5/c1-33(2,43)22-44-25-7-9-29(37-21-25)28(20-35)32(42)38-24-16-34(17-24)18-26(19-34)45-30-15-23(6-8-27(30)31(36)41)5-4-10-40-13-11-39(3)12-14-40/h6-9,15,20-21,24,26,43H,4-5,10-14,16-19,22,35H2,1-3H3,(H2,36,41)(H,38,42). The topological polar surface area (TPSA) is 156 Å². The Bertz CT molecular complexity index is 1370. The number of aromatic nitrogens is 1. The summed E-state index contributed by atoms with van der Waals surface area (Å²) in [5.74, 6) is 0.322. The summed E-state index contributed by atoms with van der Waals surface area (Å²) < 4.78 is 11.9. The van der Waals surface area contributed by atoms with Gasteiger partial charge in [0, 0.05) is 38.4 Å². The highest BCUT2D eigenvalue weighted by atomic mass is 16.5. The first-order valence-electron chi connectivity index (χ1n) is 16.0. The van der Waals surface area contributed by atoms with Gasteiger partial charge in [-0.1, -0.05) is 6.07 Å². The van der Waals surface area contributed by atoms with Crippen molar-refractivity contribution in [3.63, 3.8) is 0 Å². The lowest BCUT2D eigenvalue weighted by molar-refractivity contribution is -0.122. The fourth-order valence-corrected chi connectivity index (χ4v) is 6.62. The predicted octanol–water partition coefficient (Wildman–Crippen LogP) is 2.32. The number of nitrogens with zero attached hydrogens (tertiary/aromatic N) is 3. The quantitative estimate of drug-likeness (QED) is 0.247. The van der Waals surface area contributed by atoms with Gasteiger partial charge in [0.2, 0.25) is 0 Å². The van der Waals surface area contributed by atoms with Crippen molar-refractivity contribution < 1.29 is 24.2 Å². The molecule has 11 nitrogen and oxygen atoms in total. The van der Waals surface area contributed by atoms with Gasteiger partial charge in [-0.3, -0.25) is 14.6 Å². The minimum Gasteiger partial charge on any atom is -0.490 e. The number of ether oxygens (including phenoxy) is 2. The molecular formula is C34H48N6O5. The van der Waals surface area contributed by atoms with Gasteiger partial charge in [0.25, 0.3) is 11.8 Å². The number of nitrogens with two attached hydrogens (primary N) is 2. The molecule has 45 heavy (non-hydrogen) atoms. The van der Waals surface area contributed by atoms with Crippen molar-refractivity contribution in [3.8, 4) is 11.5 Å². The third kappa shape index (κ3) is 8.53. The van der Waals surface area contributed by atoms with Gasteiger partial charge in [-0.2, -0.15) is 0 Å². The highest BCUT2D eigenvalue weighted by Gasteiger charge is 2.54. The number of pyridine rings is 1. The van der Waals surface area contributed by atoms with Crippen LogP contribution >= 0.6 is 0 Å². The molecule has 1 aliphatic heterocycles. The van der Waals surface area contributed by atoms with Gasteiger partial charge in [0.1, 0.15) is 18.1 Å². The Morgan fingerprint density at radius 1 is 1.13 bits per heavy atom. The van der Waals surface area contributed by atoms with Crippen molar-refractivity contribution in [3.05, 3.63) is 59.5 Å². The molecule has 1 saturated heterocycles. The molecule has 1 spiro atoms. The van der Waals surface area contributed by atoms with Crippen molar-refractivity contribution in [1.29, 1.82) is 0 Å². The van der Waals surface area contributed by atoms with E-state index in [1.165, 1.54) is 12.4 Å². The van der Waals surface area contributed by atoms with E-state index >= 15 is 0 Å². The zero-order chi connectivity index (χ0) is 32.2. The number of nitrogens with one attached hydrogen (secondary N) is 1. The second-order valence-corrected chi connectivity index (χ2v) is 13.7. The van der Waals surface area contributed by atoms with Gasteiger partial charge < -0.3 is 41.2 Å². The Hall–Kier alpha value is -3.67. The Kier molecular flexibility index (Phi) is 10.0. The molecule has 2 heterocycles. The van der Waals surface area contributed by atoms with E-state index in [4.69, 9.17) is 20.9 Å². The Morgan fingerprint density at radius 3 is 2.49 bits per heavy atom. The molecule has 1 aromatic carbocycles. The molecule has 3 fully saturated rings. The first-order valence-corrected chi connectivity index (χ1v) is 16.0. The van der Waals surface area contributed by atoms with Crippen molar-refractivity contribution >= 4 is 17.4 Å². The van der Waals surface area contributed by atoms with Crippen LogP contribution in [0.3, 0.4) is 0 Å². The first kappa shape index (κ1) is 32.7. The SMILES string of the molecule is CN1CCN(CCCc2ccc(C(N)=O)c(OC3CC4(CC(NC(=O)C(=CN)c5ccc(OCC(C)(C)O)cn5)C4)C3)c2)CC1. The highest BCUT2D eigenvalue weighted by molar-refractivity contribution is 6.18. The second-order valence-electron chi connectivity index (χ2n) is 13.7. The lowest BCUT2D eigenvalue weighted by Crippen LogP contribution is -2.58. The van der Waals surface area contributed by atoms with Crippen molar-refractivity contribution in [2.45, 2.75) is 70.1 Å². The molecule has 2 amide bonds. The number of carbonyl (C=O) groups excluding carboxylic acids is 2. The number of piperazine rings is 1. The summed E-state index contributed by atoms with van der Waals surface area (Å²) in [7, 11) is 2.17. The number of aliphatic hydroxyl groups is 1. The number of benzene rings is 1. The molecule has 244 valence electrons. The maximum atomic E-state index is 13.0. The predicted molar refractivity (Wildman–Crippen MR) is 173 cm³/mol. The molecule has 2 saturated carbocycles. The summed E-state index contributed by atoms with van der Waals surface area (Å²) in [6, 6.07) is 9.19. The Morgan fingerprint density at radius 2 is 1.87 bits per heavy atom. The second kappa shape index (κ2) is 13.8. The van der Waals surface area contributed by atoms with Crippen LogP contribution in [-0.4, -0.2) is 95.8 Å². The fourth-order valence-electron chi connectivity index (χ4n) is 6.62. The molecule has 0 bridgehead atoms. The number of hydrogen-bond acceptors (Lipinski definition) is 9. The number of amides is 2. The number of primary amides is 1. The van der Waals surface area contributed by atoms with Gasteiger partial charge in [-0.15, -0.1) is 0 Å². The third-order valence-electron chi connectivity index (χ3n) is 9.17. The smallest absolute Gasteiger partial charge is 0.255 e. The van der Waals surface area contributed by atoms with E-state index < -0.39 is 11.5 Å². The molecule has 1 aromatic heterocycles. The van der Waals surface area contributed by atoms with E-state index in [9.17, 15) is 14.7 Å².